The van der Waals surface area contributed by atoms with E-state index in [1.54, 1.807) is 35.7 Å². The standard InChI is InChI=1S/C27H18Cl3NOS3/c28-19-6-12-22(13-7-19)33-26(31-25(32)18-4-2-1-3-5-18)27(34-23-14-8-20(29)9-15-23)35-24-16-10-21(30)11-17-24/h1-17H,(H,31,32). The molecule has 0 fully saturated rings. The van der Waals surface area contributed by atoms with Crippen LogP contribution in [0, 0.1) is 0 Å². The molecule has 176 valence electrons. The summed E-state index contributed by atoms with van der Waals surface area (Å²) in [6, 6.07) is 31.9. The van der Waals surface area contributed by atoms with Gasteiger partial charge in [-0.05, 0) is 84.9 Å². The van der Waals surface area contributed by atoms with Gasteiger partial charge in [0.25, 0.3) is 5.91 Å². The van der Waals surface area contributed by atoms with Gasteiger partial charge in [-0.25, -0.2) is 0 Å². The van der Waals surface area contributed by atoms with Crippen molar-refractivity contribution in [2.45, 2.75) is 14.7 Å². The summed E-state index contributed by atoms with van der Waals surface area (Å²) in [6.07, 6.45) is 0. The van der Waals surface area contributed by atoms with Crippen molar-refractivity contribution in [3.8, 4) is 0 Å². The van der Waals surface area contributed by atoms with Gasteiger partial charge in [0.2, 0.25) is 0 Å². The number of carbonyl (C=O) groups excluding carboxylic acids is 1. The van der Waals surface area contributed by atoms with E-state index in [4.69, 9.17) is 34.8 Å². The number of thioether (sulfide) groups is 3. The Balaban J connectivity index is 1.75. The Morgan fingerprint density at radius 2 is 0.943 bits per heavy atom. The van der Waals surface area contributed by atoms with Crippen LogP contribution in [-0.2, 0) is 0 Å². The molecule has 0 saturated heterocycles. The minimum Gasteiger partial charge on any atom is -0.315 e. The van der Waals surface area contributed by atoms with Gasteiger partial charge in [0.1, 0.15) is 5.03 Å². The zero-order valence-corrected chi connectivity index (χ0v) is 22.8. The van der Waals surface area contributed by atoms with Crippen molar-refractivity contribution < 1.29 is 4.79 Å². The van der Waals surface area contributed by atoms with Crippen LogP contribution in [-0.4, -0.2) is 5.91 Å². The summed E-state index contributed by atoms with van der Waals surface area (Å²) in [5.41, 5.74) is 0.578. The summed E-state index contributed by atoms with van der Waals surface area (Å²) in [7, 11) is 0. The molecule has 0 atom stereocenters. The van der Waals surface area contributed by atoms with E-state index < -0.39 is 0 Å². The van der Waals surface area contributed by atoms with E-state index in [9.17, 15) is 4.79 Å². The maximum Gasteiger partial charge on any atom is 0.256 e. The Kier molecular flexibility index (Phi) is 9.55. The lowest BCUT2D eigenvalue weighted by Gasteiger charge is -2.16. The molecule has 0 radical (unpaired) electrons. The van der Waals surface area contributed by atoms with E-state index >= 15 is 0 Å². The molecule has 0 aliphatic rings. The molecule has 1 N–H and O–H groups in total. The Hall–Kier alpha value is -1.99. The number of hydrogen-bond donors (Lipinski definition) is 1. The minimum absolute atomic E-state index is 0.187. The maximum absolute atomic E-state index is 13.2. The predicted molar refractivity (Wildman–Crippen MR) is 153 cm³/mol. The zero-order chi connectivity index (χ0) is 24.6. The third-order valence-electron chi connectivity index (χ3n) is 4.53. The van der Waals surface area contributed by atoms with Crippen LogP contribution in [0.2, 0.25) is 15.1 Å². The lowest BCUT2D eigenvalue weighted by Crippen LogP contribution is -2.22. The normalized spacial score (nSPS) is 10.6. The molecule has 4 rings (SSSR count). The Bertz CT molecular complexity index is 1260. The second-order valence-corrected chi connectivity index (χ2v) is 11.9. The van der Waals surface area contributed by atoms with Crippen molar-refractivity contribution in [2.24, 2.45) is 0 Å². The third kappa shape index (κ3) is 8.01. The van der Waals surface area contributed by atoms with E-state index in [0.29, 0.717) is 25.7 Å². The van der Waals surface area contributed by atoms with Gasteiger partial charge in [-0.15, -0.1) is 0 Å². The average Bonchev–Trinajstić information content (AvgIpc) is 2.87. The number of rotatable bonds is 8. The lowest BCUT2D eigenvalue weighted by molar-refractivity contribution is 0.0969. The molecule has 4 aromatic carbocycles. The molecule has 0 saturated carbocycles. The van der Waals surface area contributed by atoms with Crippen molar-refractivity contribution in [1.82, 2.24) is 5.32 Å². The average molecular weight is 575 g/mol. The molecule has 0 aliphatic heterocycles. The first-order valence-corrected chi connectivity index (χ1v) is 14.0. The second-order valence-electron chi connectivity index (χ2n) is 7.10. The van der Waals surface area contributed by atoms with Crippen LogP contribution in [0.25, 0.3) is 0 Å². The van der Waals surface area contributed by atoms with Crippen LogP contribution in [0.5, 0.6) is 0 Å². The number of nitrogens with one attached hydrogen (secondary N) is 1. The molecule has 0 spiro atoms. The smallest absolute Gasteiger partial charge is 0.256 e. The summed E-state index contributed by atoms with van der Waals surface area (Å²) < 4.78 is 0.902. The maximum atomic E-state index is 13.2. The molecule has 35 heavy (non-hydrogen) atoms. The fourth-order valence-corrected chi connectivity index (χ4v) is 6.45. The van der Waals surface area contributed by atoms with E-state index in [1.165, 1.54) is 11.8 Å². The van der Waals surface area contributed by atoms with Crippen LogP contribution in [0.15, 0.2) is 127 Å². The molecular weight excluding hydrogens is 557 g/mol. The van der Waals surface area contributed by atoms with Gasteiger partial charge < -0.3 is 5.32 Å². The van der Waals surface area contributed by atoms with E-state index in [0.717, 1.165) is 18.9 Å². The van der Waals surface area contributed by atoms with Crippen LogP contribution in [0.1, 0.15) is 10.4 Å². The molecule has 1 amide bonds. The first-order chi connectivity index (χ1) is 17.0. The Morgan fingerprint density at radius 1 is 0.543 bits per heavy atom. The van der Waals surface area contributed by atoms with Crippen LogP contribution in [0.4, 0.5) is 0 Å². The number of amides is 1. The summed E-state index contributed by atoms with van der Waals surface area (Å²) >= 11 is 22.9. The molecule has 0 heterocycles. The fourth-order valence-electron chi connectivity index (χ4n) is 2.84. The van der Waals surface area contributed by atoms with Crippen molar-refractivity contribution >= 4 is 76.0 Å². The summed E-state index contributed by atoms with van der Waals surface area (Å²) in [6.45, 7) is 0. The minimum atomic E-state index is -0.187. The number of benzene rings is 4. The highest BCUT2D eigenvalue weighted by Gasteiger charge is 2.17. The fraction of sp³-hybridized carbons (Fsp3) is 0. The van der Waals surface area contributed by atoms with Crippen LogP contribution < -0.4 is 5.32 Å². The van der Waals surface area contributed by atoms with E-state index in [2.05, 4.69) is 5.32 Å². The Labute approximate surface area is 232 Å². The SMILES string of the molecule is O=C(NC(Sc1ccc(Cl)cc1)=C(Sc1ccc(Cl)cc1)Sc1ccc(Cl)cc1)c1ccccc1. The number of carbonyl (C=O) groups is 1. The van der Waals surface area contributed by atoms with Gasteiger partial charge in [0, 0.05) is 35.3 Å². The quantitative estimate of drug-likeness (QED) is 0.212. The topological polar surface area (TPSA) is 29.1 Å². The van der Waals surface area contributed by atoms with E-state index in [1.807, 2.05) is 91.0 Å². The van der Waals surface area contributed by atoms with Gasteiger partial charge in [0.05, 0.1) is 4.24 Å². The van der Waals surface area contributed by atoms with Gasteiger partial charge in [-0.2, -0.15) is 0 Å². The van der Waals surface area contributed by atoms with Gasteiger partial charge in [0.15, 0.2) is 0 Å². The van der Waals surface area contributed by atoms with Crippen LogP contribution >= 0.6 is 70.1 Å². The van der Waals surface area contributed by atoms with Crippen molar-refractivity contribution in [3.63, 3.8) is 0 Å². The molecule has 0 bridgehead atoms. The summed E-state index contributed by atoms with van der Waals surface area (Å²) in [5.74, 6) is -0.187. The van der Waals surface area contributed by atoms with Gasteiger partial charge in [-0.1, -0.05) is 88.3 Å². The Morgan fingerprint density at radius 3 is 1.37 bits per heavy atom. The van der Waals surface area contributed by atoms with Crippen molar-refractivity contribution in [1.29, 1.82) is 0 Å². The molecule has 0 unspecified atom stereocenters. The third-order valence-corrected chi connectivity index (χ3v) is 8.86. The van der Waals surface area contributed by atoms with Crippen LogP contribution in [0.3, 0.4) is 0 Å². The van der Waals surface area contributed by atoms with Gasteiger partial charge >= 0.3 is 0 Å². The van der Waals surface area contributed by atoms with E-state index in [-0.39, 0.29) is 5.91 Å². The largest absolute Gasteiger partial charge is 0.315 e. The number of halogens is 3. The van der Waals surface area contributed by atoms with Crippen molar-refractivity contribution in [3.05, 3.63) is 133 Å². The highest BCUT2D eigenvalue weighted by molar-refractivity contribution is 8.23. The van der Waals surface area contributed by atoms with Gasteiger partial charge in [-0.3, -0.25) is 4.79 Å². The highest BCUT2D eigenvalue weighted by Crippen LogP contribution is 2.45. The molecule has 2 nitrogen and oxygen atoms in total. The molecule has 4 aromatic rings. The summed E-state index contributed by atoms with van der Waals surface area (Å²) in [5, 5.41) is 5.83. The second kappa shape index (κ2) is 12.8. The zero-order valence-electron chi connectivity index (χ0n) is 18.1. The molecular formula is C27H18Cl3NOS3. The highest BCUT2D eigenvalue weighted by atomic mass is 35.5. The monoisotopic (exact) mass is 573 g/mol. The molecule has 0 aliphatic carbocycles. The lowest BCUT2D eigenvalue weighted by atomic mass is 10.2. The predicted octanol–water partition coefficient (Wildman–Crippen LogP) is 9.88. The molecule has 0 aromatic heterocycles. The molecule has 8 heteroatoms. The first-order valence-electron chi connectivity index (χ1n) is 10.4. The first kappa shape index (κ1) is 26.1. The van der Waals surface area contributed by atoms with Crippen molar-refractivity contribution in [2.75, 3.05) is 0 Å². The summed E-state index contributed by atoms with van der Waals surface area (Å²) in [4.78, 5) is 16.1. The number of hydrogen-bond acceptors (Lipinski definition) is 4.